The third-order valence-corrected chi connectivity index (χ3v) is 3.13. The lowest BCUT2D eigenvalue weighted by molar-refractivity contribution is -0.122. The zero-order valence-electron chi connectivity index (χ0n) is 8.77. The number of nitrogens with one attached hydrogen (secondary N) is 1. The van der Waals surface area contributed by atoms with Gasteiger partial charge in [0.2, 0.25) is 5.91 Å². The summed E-state index contributed by atoms with van der Waals surface area (Å²) in [6.45, 7) is 2.08. The van der Waals surface area contributed by atoms with Crippen LogP contribution in [0.15, 0.2) is 30.3 Å². The summed E-state index contributed by atoms with van der Waals surface area (Å²) < 4.78 is 0. The van der Waals surface area contributed by atoms with Gasteiger partial charge in [0.25, 0.3) is 0 Å². The molecule has 4 heteroatoms. The highest BCUT2D eigenvalue weighted by Gasteiger charge is 2.18. The Labute approximate surface area is 94.4 Å². The van der Waals surface area contributed by atoms with Crippen molar-refractivity contribution >= 4 is 17.7 Å². The van der Waals surface area contributed by atoms with Gasteiger partial charge in [-0.2, -0.15) is 11.8 Å². The Kier molecular flexibility index (Phi) is 5.21. The standard InChI is InChI=1S/C11H16N2OS/c1-2-15-8-10(11(14)13-12)9-6-4-3-5-7-9/h3-7,10H,2,8,12H2,1H3,(H,13,14). The molecule has 1 amide bonds. The molecule has 0 aliphatic carbocycles. The van der Waals surface area contributed by atoms with E-state index in [4.69, 9.17) is 5.84 Å². The highest BCUT2D eigenvalue weighted by atomic mass is 32.2. The van der Waals surface area contributed by atoms with E-state index in [9.17, 15) is 4.79 Å². The van der Waals surface area contributed by atoms with Crippen LogP contribution in [0.2, 0.25) is 0 Å². The van der Waals surface area contributed by atoms with Gasteiger partial charge in [-0.1, -0.05) is 37.3 Å². The number of hydrazine groups is 1. The third kappa shape index (κ3) is 3.57. The smallest absolute Gasteiger partial charge is 0.242 e. The molecule has 0 bridgehead atoms. The topological polar surface area (TPSA) is 55.1 Å². The second-order valence-corrected chi connectivity index (χ2v) is 4.45. The molecule has 1 aromatic carbocycles. The number of amides is 1. The molecule has 3 nitrogen and oxygen atoms in total. The molecule has 0 spiro atoms. The first kappa shape index (κ1) is 12.1. The largest absolute Gasteiger partial charge is 0.294 e. The lowest BCUT2D eigenvalue weighted by Crippen LogP contribution is -2.35. The molecular weight excluding hydrogens is 208 g/mol. The third-order valence-electron chi connectivity index (χ3n) is 2.15. The summed E-state index contributed by atoms with van der Waals surface area (Å²) in [4.78, 5) is 11.6. The quantitative estimate of drug-likeness (QED) is 0.453. The number of hydrogen-bond acceptors (Lipinski definition) is 3. The molecule has 0 aromatic heterocycles. The number of rotatable bonds is 5. The summed E-state index contributed by atoms with van der Waals surface area (Å²) in [7, 11) is 0. The fraction of sp³-hybridized carbons (Fsp3) is 0.364. The molecule has 1 atom stereocenters. The molecule has 82 valence electrons. The van der Waals surface area contributed by atoms with E-state index in [2.05, 4.69) is 12.3 Å². The van der Waals surface area contributed by atoms with Crippen molar-refractivity contribution in [2.24, 2.45) is 5.84 Å². The molecule has 0 aliphatic rings. The van der Waals surface area contributed by atoms with Gasteiger partial charge < -0.3 is 0 Å². The van der Waals surface area contributed by atoms with E-state index in [1.54, 1.807) is 11.8 Å². The fourth-order valence-corrected chi connectivity index (χ4v) is 2.16. The summed E-state index contributed by atoms with van der Waals surface area (Å²) in [6, 6.07) is 9.71. The van der Waals surface area contributed by atoms with Gasteiger partial charge in [-0.15, -0.1) is 0 Å². The minimum Gasteiger partial charge on any atom is -0.294 e. The van der Waals surface area contributed by atoms with E-state index in [1.807, 2.05) is 30.3 Å². The highest BCUT2D eigenvalue weighted by molar-refractivity contribution is 7.99. The van der Waals surface area contributed by atoms with E-state index in [1.165, 1.54) is 0 Å². The van der Waals surface area contributed by atoms with Gasteiger partial charge in [-0.05, 0) is 11.3 Å². The Balaban J connectivity index is 2.76. The van der Waals surface area contributed by atoms with Crippen molar-refractivity contribution in [3.8, 4) is 0 Å². The highest BCUT2D eigenvalue weighted by Crippen LogP contribution is 2.20. The SMILES string of the molecule is CCSCC(C(=O)NN)c1ccccc1. The van der Waals surface area contributed by atoms with Gasteiger partial charge in [0.1, 0.15) is 0 Å². The predicted octanol–water partition coefficient (Wildman–Crippen LogP) is 1.51. The molecule has 0 heterocycles. The number of carbonyl (C=O) groups is 1. The average Bonchev–Trinajstić information content (AvgIpc) is 2.30. The molecule has 0 aliphatic heterocycles. The maximum atomic E-state index is 11.6. The normalized spacial score (nSPS) is 12.1. The van der Waals surface area contributed by atoms with Gasteiger partial charge in [0.15, 0.2) is 0 Å². The second-order valence-electron chi connectivity index (χ2n) is 3.13. The molecule has 15 heavy (non-hydrogen) atoms. The van der Waals surface area contributed by atoms with Crippen molar-refractivity contribution in [3.05, 3.63) is 35.9 Å². The number of benzene rings is 1. The van der Waals surface area contributed by atoms with Crippen molar-refractivity contribution in [3.63, 3.8) is 0 Å². The number of carbonyl (C=O) groups excluding carboxylic acids is 1. The van der Waals surface area contributed by atoms with Crippen LogP contribution < -0.4 is 11.3 Å². The van der Waals surface area contributed by atoms with Crippen LogP contribution in [0, 0.1) is 0 Å². The molecule has 1 aromatic rings. The first-order valence-corrected chi connectivity index (χ1v) is 6.08. The molecule has 0 fully saturated rings. The second kappa shape index (κ2) is 6.48. The van der Waals surface area contributed by atoms with Crippen LogP contribution in [0.1, 0.15) is 18.4 Å². The average molecular weight is 224 g/mol. The monoisotopic (exact) mass is 224 g/mol. The van der Waals surface area contributed by atoms with Crippen molar-refractivity contribution < 1.29 is 4.79 Å². The van der Waals surface area contributed by atoms with Gasteiger partial charge in [-0.3, -0.25) is 10.2 Å². The molecule has 0 saturated heterocycles. The zero-order chi connectivity index (χ0) is 11.1. The van der Waals surface area contributed by atoms with Crippen LogP contribution in [0.25, 0.3) is 0 Å². The number of thioether (sulfide) groups is 1. The molecule has 1 rings (SSSR count). The molecule has 0 radical (unpaired) electrons. The molecular formula is C11H16N2OS. The lowest BCUT2D eigenvalue weighted by atomic mass is 10.0. The number of nitrogens with two attached hydrogens (primary N) is 1. The van der Waals surface area contributed by atoms with Crippen LogP contribution in [0.5, 0.6) is 0 Å². The van der Waals surface area contributed by atoms with Crippen LogP contribution in [0.3, 0.4) is 0 Å². The summed E-state index contributed by atoms with van der Waals surface area (Å²) in [5, 5.41) is 0. The predicted molar refractivity (Wildman–Crippen MR) is 64.5 cm³/mol. The number of hydrogen-bond donors (Lipinski definition) is 2. The van der Waals surface area contributed by atoms with Crippen molar-refractivity contribution in [2.45, 2.75) is 12.8 Å². The summed E-state index contributed by atoms with van der Waals surface area (Å²) in [6.07, 6.45) is 0. The Morgan fingerprint density at radius 1 is 1.47 bits per heavy atom. The lowest BCUT2D eigenvalue weighted by Gasteiger charge is -2.14. The van der Waals surface area contributed by atoms with E-state index < -0.39 is 0 Å². The van der Waals surface area contributed by atoms with Crippen LogP contribution in [-0.2, 0) is 4.79 Å². The summed E-state index contributed by atoms with van der Waals surface area (Å²) in [5.74, 6) is 6.67. The van der Waals surface area contributed by atoms with E-state index in [-0.39, 0.29) is 11.8 Å². The van der Waals surface area contributed by atoms with Crippen molar-refractivity contribution in [1.29, 1.82) is 0 Å². The maximum absolute atomic E-state index is 11.6. The Bertz CT molecular complexity index is 303. The van der Waals surface area contributed by atoms with Gasteiger partial charge in [0.05, 0.1) is 5.92 Å². The summed E-state index contributed by atoms with van der Waals surface area (Å²) >= 11 is 1.74. The maximum Gasteiger partial charge on any atom is 0.242 e. The summed E-state index contributed by atoms with van der Waals surface area (Å²) in [5.41, 5.74) is 3.24. The van der Waals surface area contributed by atoms with E-state index in [0.717, 1.165) is 17.1 Å². The minimum absolute atomic E-state index is 0.123. The van der Waals surface area contributed by atoms with Crippen molar-refractivity contribution in [2.75, 3.05) is 11.5 Å². The van der Waals surface area contributed by atoms with Gasteiger partial charge in [0, 0.05) is 5.75 Å². The van der Waals surface area contributed by atoms with E-state index in [0.29, 0.717) is 0 Å². The van der Waals surface area contributed by atoms with Crippen LogP contribution in [-0.4, -0.2) is 17.4 Å². The Morgan fingerprint density at radius 2 is 2.13 bits per heavy atom. The van der Waals surface area contributed by atoms with Gasteiger partial charge >= 0.3 is 0 Å². The molecule has 0 saturated carbocycles. The van der Waals surface area contributed by atoms with E-state index >= 15 is 0 Å². The Morgan fingerprint density at radius 3 is 2.67 bits per heavy atom. The molecule has 1 unspecified atom stereocenters. The van der Waals surface area contributed by atoms with Crippen molar-refractivity contribution in [1.82, 2.24) is 5.43 Å². The van der Waals surface area contributed by atoms with Gasteiger partial charge in [-0.25, -0.2) is 5.84 Å². The van der Waals surface area contributed by atoms with Crippen LogP contribution in [0.4, 0.5) is 0 Å². The minimum atomic E-state index is -0.152. The van der Waals surface area contributed by atoms with Crippen LogP contribution >= 0.6 is 11.8 Å². The zero-order valence-corrected chi connectivity index (χ0v) is 9.59. The molecule has 3 N–H and O–H groups in total. The Hall–Kier alpha value is -1.00. The fourth-order valence-electron chi connectivity index (χ4n) is 1.34. The first-order valence-electron chi connectivity index (χ1n) is 4.92. The first-order chi connectivity index (χ1) is 7.29.